The Morgan fingerprint density at radius 3 is 2.19 bits per heavy atom. The van der Waals surface area contributed by atoms with Crippen LogP contribution < -0.4 is 0 Å². The van der Waals surface area contributed by atoms with Crippen LogP contribution in [0.15, 0.2) is 29.4 Å². The van der Waals surface area contributed by atoms with E-state index in [0.717, 1.165) is 0 Å². The van der Waals surface area contributed by atoms with Crippen molar-refractivity contribution < 1.29 is 14.7 Å². The number of aliphatic carboxylic acids is 1. The second-order valence-corrected chi connectivity index (χ2v) is 8.02. The van der Waals surface area contributed by atoms with Gasteiger partial charge in [0.2, 0.25) is 5.91 Å². The molecule has 1 saturated carbocycles. The largest absolute Gasteiger partial charge is 0.479 e. The molecular weight excluding hydrogens is 332 g/mol. The topological polar surface area (TPSA) is 86.1 Å². The quantitative estimate of drug-likeness (QED) is 0.656. The summed E-state index contributed by atoms with van der Waals surface area (Å²) in [6, 6.07) is 5.55. The van der Waals surface area contributed by atoms with Crippen molar-refractivity contribution in [2.24, 2.45) is 10.4 Å². The summed E-state index contributed by atoms with van der Waals surface area (Å²) in [5.74, 6) is -0.126. The molecule has 2 heterocycles. The molecule has 3 rings (SSSR count). The fourth-order valence-corrected chi connectivity index (χ4v) is 3.08. The minimum atomic E-state index is -1.01. The molecule has 1 aromatic rings. The molecule has 0 unspecified atom stereocenters. The Balaban J connectivity index is 1.81. The molecule has 0 radical (unpaired) electrons. The maximum Gasteiger partial charge on any atom is 0.331 e. The van der Waals surface area contributed by atoms with E-state index < -0.39 is 16.9 Å². The van der Waals surface area contributed by atoms with E-state index in [1.165, 1.54) is 0 Å². The molecule has 140 valence electrons. The minimum Gasteiger partial charge on any atom is -0.479 e. The Hall–Kier alpha value is -2.44. The number of carboxylic acid groups (broad SMARTS) is 1. The molecule has 2 fully saturated rings. The zero-order valence-electron chi connectivity index (χ0n) is 15.6. The Morgan fingerprint density at radius 1 is 1.12 bits per heavy atom. The van der Waals surface area contributed by atoms with Gasteiger partial charge in [0.25, 0.3) is 0 Å². The van der Waals surface area contributed by atoms with Crippen LogP contribution in [-0.2, 0) is 9.59 Å². The van der Waals surface area contributed by atoms with Gasteiger partial charge in [-0.2, -0.15) is 0 Å². The Bertz CT molecular complexity index is 712. The second-order valence-electron chi connectivity index (χ2n) is 8.02. The molecule has 0 atom stereocenters. The average molecular weight is 358 g/mol. The summed E-state index contributed by atoms with van der Waals surface area (Å²) in [5.41, 5.74) is -0.734. The second kappa shape index (κ2) is 6.70. The van der Waals surface area contributed by atoms with Crippen molar-refractivity contribution in [3.63, 3.8) is 0 Å². The lowest BCUT2D eigenvalue weighted by Gasteiger charge is -2.39. The van der Waals surface area contributed by atoms with Gasteiger partial charge in [-0.15, -0.1) is 0 Å². The van der Waals surface area contributed by atoms with Crippen molar-refractivity contribution in [1.29, 1.82) is 0 Å². The van der Waals surface area contributed by atoms with E-state index in [0.29, 0.717) is 50.6 Å². The number of hydrogen-bond donors (Lipinski definition) is 1. The van der Waals surface area contributed by atoms with Crippen molar-refractivity contribution in [1.82, 2.24) is 14.8 Å². The van der Waals surface area contributed by atoms with Crippen molar-refractivity contribution >= 4 is 17.7 Å². The van der Waals surface area contributed by atoms with Gasteiger partial charge in [-0.3, -0.25) is 9.78 Å². The Labute approximate surface area is 153 Å². The maximum atomic E-state index is 12.5. The third-order valence-electron chi connectivity index (χ3n) is 4.84. The number of aromatic nitrogens is 1. The Kier molecular flexibility index (Phi) is 4.73. The van der Waals surface area contributed by atoms with Crippen molar-refractivity contribution in [3.05, 3.63) is 30.1 Å². The van der Waals surface area contributed by atoms with Gasteiger partial charge in [0, 0.05) is 37.8 Å². The molecule has 26 heavy (non-hydrogen) atoms. The highest BCUT2D eigenvalue weighted by Gasteiger charge is 2.51. The van der Waals surface area contributed by atoms with Crippen LogP contribution in [0.3, 0.4) is 0 Å². The van der Waals surface area contributed by atoms with Gasteiger partial charge in [0.15, 0.2) is 11.4 Å². The molecule has 1 saturated heterocycles. The first-order valence-electron chi connectivity index (χ1n) is 9.02. The van der Waals surface area contributed by atoms with Crippen molar-refractivity contribution in [2.45, 2.75) is 39.2 Å². The third kappa shape index (κ3) is 3.71. The van der Waals surface area contributed by atoms with Crippen LogP contribution in [0.1, 0.15) is 39.3 Å². The summed E-state index contributed by atoms with van der Waals surface area (Å²) in [7, 11) is 0. The standard InChI is InChI=1S/C19H26N4O3/c1-18(2,3)16(24)23-12-10-22(11-13-23)15(14-6-4-5-9-20-14)21-19(7-8-19)17(25)26/h4-6,9H,7-8,10-13H2,1-3H3,(H,25,26). The monoisotopic (exact) mass is 358 g/mol. The van der Waals surface area contributed by atoms with Crippen LogP contribution in [0.5, 0.6) is 0 Å². The van der Waals surface area contributed by atoms with E-state index in [9.17, 15) is 14.7 Å². The molecular formula is C19H26N4O3. The van der Waals surface area contributed by atoms with E-state index in [4.69, 9.17) is 0 Å². The van der Waals surface area contributed by atoms with Gasteiger partial charge in [-0.25, -0.2) is 9.79 Å². The number of nitrogens with zero attached hydrogens (tertiary/aromatic N) is 4. The summed E-state index contributed by atoms with van der Waals surface area (Å²) in [4.78, 5) is 37.0. The summed E-state index contributed by atoms with van der Waals surface area (Å²) >= 11 is 0. The van der Waals surface area contributed by atoms with Gasteiger partial charge in [-0.1, -0.05) is 26.8 Å². The van der Waals surface area contributed by atoms with Gasteiger partial charge in [0.05, 0.1) is 0 Å². The molecule has 2 aliphatic rings. The SMILES string of the molecule is CC(C)(C)C(=O)N1CCN(C(=NC2(C(=O)O)CC2)c2ccccn2)CC1. The predicted molar refractivity (Wildman–Crippen MR) is 98.0 cm³/mol. The molecule has 0 spiro atoms. The van der Waals surface area contributed by atoms with Gasteiger partial charge < -0.3 is 14.9 Å². The first kappa shape index (κ1) is 18.4. The molecule has 1 amide bonds. The summed E-state index contributed by atoms with van der Waals surface area (Å²) in [6.07, 6.45) is 2.80. The predicted octanol–water partition coefficient (Wildman–Crippen LogP) is 1.64. The molecule has 0 bridgehead atoms. The number of aliphatic imine (C=N–C) groups is 1. The highest BCUT2D eigenvalue weighted by atomic mass is 16.4. The number of amidine groups is 1. The number of piperazine rings is 1. The number of pyridine rings is 1. The van der Waals surface area contributed by atoms with E-state index in [1.807, 2.05) is 43.9 Å². The van der Waals surface area contributed by atoms with E-state index in [-0.39, 0.29) is 5.91 Å². The zero-order chi connectivity index (χ0) is 18.9. The number of carboxylic acids is 1. The van der Waals surface area contributed by atoms with Crippen LogP contribution in [0.4, 0.5) is 0 Å². The maximum absolute atomic E-state index is 12.5. The molecule has 1 aromatic heterocycles. The summed E-state index contributed by atoms with van der Waals surface area (Å²) < 4.78 is 0. The lowest BCUT2D eigenvalue weighted by molar-refractivity contribution is -0.140. The number of hydrogen-bond acceptors (Lipinski definition) is 4. The van der Waals surface area contributed by atoms with Gasteiger partial charge >= 0.3 is 5.97 Å². The summed E-state index contributed by atoms with van der Waals surface area (Å²) in [6.45, 7) is 8.20. The molecule has 1 aliphatic carbocycles. The van der Waals surface area contributed by atoms with Crippen LogP contribution in [-0.4, -0.2) is 69.3 Å². The fraction of sp³-hybridized carbons (Fsp3) is 0.579. The molecule has 0 aromatic carbocycles. The number of carbonyl (C=O) groups is 2. The van der Waals surface area contributed by atoms with Crippen molar-refractivity contribution in [3.8, 4) is 0 Å². The smallest absolute Gasteiger partial charge is 0.331 e. The van der Waals surface area contributed by atoms with Crippen LogP contribution in [0.2, 0.25) is 0 Å². The molecule has 7 nitrogen and oxygen atoms in total. The number of amides is 1. The van der Waals surface area contributed by atoms with Gasteiger partial charge in [0.1, 0.15) is 5.69 Å². The third-order valence-corrected chi connectivity index (χ3v) is 4.84. The first-order chi connectivity index (χ1) is 12.2. The average Bonchev–Trinajstić information content (AvgIpc) is 3.40. The first-order valence-corrected chi connectivity index (χ1v) is 9.02. The molecule has 1 aliphatic heterocycles. The highest BCUT2D eigenvalue weighted by Crippen LogP contribution is 2.40. The Morgan fingerprint density at radius 2 is 1.73 bits per heavy atom. The van der Waals surface area contributed by atoms with Crippen LogP contribution in [0.25, 0.3) is 0 Å². The molecule has 1 N–H and O–H groups in total. The number of carbonyl (C=O) groups excluding carboxylic acids is 1. The normalized spacial score (nSPS) is 20.0. The van der Waals surface area contributed by atoms with Crippen molar-refractivity contribution in [2.75, 3.05) is 26.2 Å². The number of rotatable bonds is 3. The van der Waals surface area contributed by atoms with E-state index >= 15 is 0 Å². The highest BCUT2D eigenvalue weighted by molar-refractivity contribution is 6.00. The molecule has 7 heteroatoms. The minimum absolute atomic E-state index is 0.137. The van der Waals surface area contributed by atoms with E-state index in [2.05, 4.69) is 14.9 Å². The lowest BCUT2D eigenvalue weighted by atomic mass is 9.94. The van der Waals surface area contributed by atoms with Crippen LogP contribution in [0, 0.1) is 5.41 Å². The fourth-order valence-electron chi connectivity index (χ4n) is 3.08. The lowest BCUT2D eigenvalue weighted by Crippen LogP contribution is -2.53. The van der Waals surface area contributed by atoms with Gasteiger partial charge in [-0.05, 0) is 25.0 Å². The zero-order valence-corrected chi connectivity index (χ0v) is 15.6. The van der Waals surface area contributed by atoms with E-state index in [1.54, 1.807) is 6.20 Å². The van der Waals surface area contributed by atoms with Crippen LogP contribution >= 0.6 is 0 Å². The summed E-state index contributed by atoms with van der Waals surface area (Å²) in [5, 5.41) is 9.50.